The van der Waals surface area contributed by atoms with Gasteiger partial charge in [0.25, 0.3) is 0 Å². The number of carbonyl (C=O) groups is 1. The van der Waals surface area contributed by atoms with Gasteiger partial charge in [0.2, 0.25) is 0 Å². The second kappa shape index (κ2) is 6.64. The molecule has 0 bridgehead atoms. The van der Waals surface area contributed by atoms with Gasteiger partial charge in [-0.05, 0) is 26.8 Å². The highest BCUT2D eigenvalue weighted by Gasteiger charge is 2.27. The van der Waals surface area contributed by atoms with Crippen molar-refractivity contribution in [2.45, 2.75) is 32.9 Å². The largest absolute Gasteiger partial charge is 0.468 e. The van der Waals surface area contributed by atoms with Gasteiger partial charge in [-0.1, -0.05) is 30.3 Å². The molecule has 130 valence electrons. The van der Waals surface area contributed by atoms with Crippen molar-refractivity contribution >= 4 is 17.0 Å². The van der Waals surface area contributed by atoms with E-state index in [2.05, 4.69) is 20.3 Å². The highest BCUT2D eigenvalue weighted by molar-refractivity contribution is 5.81. The highest BCUT2D eigenvalue weighted by atomic mass is 16.5. The number of nitrogens with one attached hydrogen (secondary N) is 2. The molecule has 0 unspecified atom stereocenters. The van der Waals surface area contributed by atoms with Crippen LogP contribution in [0.3, 0.4) is 0 Å². The van der Waals surface area contributed by atoms with Gasteiger partial charge < -0.3 is 9.72 Å². The molecule has 0 amide bonds. The van der Waals surface area contributed by atoms with Gasteiger partial charge in [-0.15, -0.1) is 0 Å². The molecule has 6 nitrogen and oxygen atoms in total. The Labute approximate surface area is 146 Å². The quantitative estimate of drug-likeness (QED) is 0.699. The summed E-state index contributed by atoms with van der Waals surface area (Å²) in [6.45, 7) is 6.05. The van der Waals surface area contributed by atoms with E-state index >= 15 is 0 Å². The Hall–Kier alpha value is -2.73. The van der Waals surface area contributed by atoms with Gasteiger partial charge in [0.15, 0.2) is 5.82 Å². The number of hydrogen-bond donors (Lipinski definition) is 2. The topological polar surface area (TPSA) is 79.9 Å². The van der Waals surface area contributed by atoms with Crippen molar-refractivity contribution < 1.29 is 9.53 Å². The summed E-state index contributed by atoms with van der Waals surface area (Å²) < 4.78 is 4.81. The molecular weight excluding hydrogens is 316 g/mol. The maximum atomic E-state index is 11.8. The van der Waals surface area contributed by atoms with Crippen molar-refractivity contribution in [2.75, 3.05) is 7.11 Å². The number of aromatic nitrogens is 3. The summed E-state index contributed by atoms with van der Waals surface area (Å²) in [6, 6.07) is 11.9. The van der Waals surface area contributed by atoms with Gasteiger partial charge in [-0.2, -0.15) is 0 Å². The van der Waals surface area contributed by atoms with E-state index < -0.39 is 5.54 Å². The second-order valence-electron chi connectivity index (χ2n) is 6.53. The number of rotatable bonds is 5. The highest BCUT2D eigenvalue weighted by Crippen LogP contribution is 2.22. The van der Waals surface area contributed by atoms with Gasteiger partial charge in [-0.25, -0.2) is 9.97 Å². The number of esters is 1. The average molecular weight is 338 g/mol. The number of H-pyrrole nitrogens is 1. The molecule has 0 saturated carbocycles. The monoisotopic (exact) mass is 338 g/mol. The fourth-order valence-electron chi connectivity index (χ4n) is 2.67. The van der Waals surface area contributed by atoms with Crippen molar-refractivity contribution in [3.05, 3.63) is 47.8 Å². The van der Waals surface area contributed by atoms with Gasteiger partial charge >= 0.3 is 5.97 Å². The lowest BCUT2D eigenvalue weighted by molar-refractivity contribution is -0.147. The molecule has 0 radical (unpaired) electrons. The molecule has 3 aromatic rings. The summed E-state index contributed by atoms with van der Waals surface area (Å²) in [6.07, 6.45) is 0. The van der Waals surface area contributed by atoms with Crippen molar-refractivity contribution in [3.63, 3.8) is 0 Å². The molecule has 0 saturated heterocycles. The third-order valence-corrected chi connectivity index (χ3v) is 4.18. The molecule has 25 heavy (non-hydrogen) atoms. The summed E-state index contributed by atoms with van der Waals surface area (Å²) in [5.41, 5.74) is 2.86. The summed E-state index contributed by atoms with van der Waals surface area (Å²) >= 11 is 0. The molecule has 0 aliphatic carbocycles. The Morgan fingerprint density at radius 1 is 1.24 bits per heavy atom. The van der Waals surface area contributed by atoms with Crippen LogP contribution in [0.2, 0.25) is 0 Å². The SMILES string of the molecule is COC(=O)C(C)(C)NCc1cc2c(C)nc(-c3ccccc3)nc2[nH]1. The summed E-state index contributed by atoms with van der Waals surface area (Å²) in [7, 11) is 1.39. The Bertz CT molecular complexity index is 900. The van der Waals surface area contributed by atoms with Crippen LogP contribution in [0.5, 0.6) is 0 Å². The van der Waals surface area contributed by atoms with E-state index in [1.807, 2.05) is 43.3 Å². The summed E-state index contributed by atoms with van der Waals surface area (Å²) in [5.74, 6) is 0.396. The lowest BCUT2D eigenvalue weighted by Gasteiger charge is -2.22. The molecule has 0 aliphatic rings. The van der Waals surface area contributed by atoms with Crippen LogP contribution in [0, 0.1) is 6.92 Å². The first-order valence-electron chi connectivity index (χ1n) is 8.16. The predicted octanol–water partition coefficient (Wildman–Crippen LogP) is 2.97. The summed E-state index contributed by atoms with van der Waals surface area (Å²) in [5, 5.41) is 4.18. The van der Waals surface area contributed by atoms with Crippen LogP contribution in [0.1, 0.15) is 25.2 Å². The van der Waals surface area contributed by atoms with Crippen LogP contribution < -0.4 is 5.32 Å². The fourth-order valence-corrected chi connectivity index (χ4v) is 2.67. The van der Waals surface area contributed by atoms with E-state index in [0.29, 0.717) is 12.4 Å². The molecule has 0 fully saturated rings. The molecule has 3 rings (SSSR count). The minimum atomic E-state index is -0.762. The number of ether oxygens (including phenoxy) is 1. The van der Waals surface area contributed by atoms with E-state index in [4.69, 9.17) is 4.74 Å². The zero-order chi connectivity index (χ0) is 18.0. The normalized spacial score (nSPS) is 11.7. The van der Waals surface area contributed by atoms with Crippen molar-refractivity contribution in [1.29, 1.82) is 0 Å². The molecule has 0 spiro atoms. The molecule has 1 aromatic carbocycles. The number of methoxy groups -OCH3 is 1. The van der Waals surface area contributed by atoms with Gasteiger partial charge in [-0.3, -0.25) is 10.1 Å². The molecule has 0 aliphatic heterocycles. The van der Waals surface area contributed by atoms with E-state index in [9.17, 15) is 4.79 Å². The Morgan fingerprint density at radius 3 is 2.64 bits per heavy atom. The first kappa shape index (κ1) is 17.1. The predicted molar refractivity (Wildman–Crippen MR) is 97.0 cm³/mol. The van der Waals surface area contributed by atoms with Crippen molar-refractivity contribution in [1.82, 2.24) is 20.3 Å². The number of aromatic amines is 1. The maximum absolute atomic E-state index is 11.8. The number of benzene rings is 1. The van der Waals surface area contributed by atoms with Crippen LogP contribution in [0.15, 0.2) is 36.4 Å². The number of hydrogen-bond acceptors (Lipinski definition) is 5. The Morgan fingerprint density at radius 2 is 1.96 bits per heavy atom. The lowest BCUT2D eigenvalue weighted by Crippen LogP contribution is -2.47. The number of aryl methyl sites for hydroxylation is 1. The van der Waals surface area contributed by atoms with E-state index in [-0.39, 0.29) is 5.97 Å². The van der Waals surface area contributed by atoms with E-state index in [1.54, 1.807) is 13.8 Å². The van der Waals surface area contributed by atoms with Crippen LogP contribution >= 0.6 is 0 Å². The lowest BCUT2D eigenvalue weighted by atomic mass is 10.1. The minimum absolute atomic E-state index is 0.300. The zero-order valence-corrected chi connectivity index (χ0v) is 14.9. The van der Waals surface area contributed by atoms with Crippen LogP contribution in [-0.2, 0) is 16.1 Å². The van der Waals surface area contributed by atoms with Gasteiger partial charge in [0.05, 0.1) is 12.8 Å². The fraction of sp³-hybridized carbons (Fsp3) is 0.316. The van der Waals surface area contributed by atoms with Gasteiger partial charge in [0, 0.05) is 23.2 Å². The third-order valence-electron chi connectivity index (χ3n) is 4.18. The Kier molecular flexibility index (Phi) is 4.55. The molecule has 6 heteroatoms. The van der Waals surface area contributed by atoms with Crippen LogP contribution in [-0.4, -0.2) is 33.6 Å². The minimum Gasteiger partial charge on any atom is -0.468 e. The van der Waals surface area contributed by atoms with Gasteiger partial charge in [0.1, 0.15) is 11.2 Å². The first-order chi connectivity index (χ1) is 11.9. The first-order valence-corrected chi connectivity index (χ1v) is 8.16. The van der Waals surface area contributed by atoms with Crippen LogP contribution in [0.25, 0.3) is 22.4 Å². The van der Waals surface area contributed by atoms with Crippen molar-refractivity contribution in [2.24, 2.45) is 0 Å². The second-order valence-corrected chi connectivity index (χ2v) is 6.53. The number of carbonyl (C=O) groups excluding carboxylic acids is 1. The Balaban J connectivity index is 1.88. The molecular formula is C19H22N4O2. The molecule has 2 heterocycles. The average Bonchev–Trinajstić information content (AvgIpc) is 3.04. The third kappa shape index (κ3) is 3.53. The van der Waals surface area contributed by atoms with E-state index in [1.165, 1.54) is 7.11 Å². The standard InChI is InChI=1S/C19H22N4O2/c1-12-15-10-14(11-20-19(2,3)18(24)25-4)22-17(15)23-16(21-12)13-8-6-5-7-9-13/h5-10,20H,11H2,1-4H3,(H,21,22,23). The molecule has 2 N–H and O–H groups in total. The maximum Gasteiger partial charge on any atom is 0.325 e. The zero-order valence-electron chi connectivity index (χ0n) is 14.9. The number of fused-ring (bicyclic) bond motifs is 1. The van der Waals surface area contributed by atoms with Crippen molar-refractivity contribution in [3.8, 4) is 11.4 Å². The molecule has 2 aromatic heterocycles. The van der Waals surface area contributed by atoms with Crippen LogP contribution in [0.4, 0.5) is 0 Å². The summed E-state index contributed by atoms with van der Waals surface area (Å²) in [4.78, 5) is 24.3. The number of nitrogens with zero attached hydrogens (tertiary/aromatic N) is 2. The molecule has 0 atom stereocenters. The smallest absolute Gasteiger partial charge is 0.325 e. The van der Waals surface area contributed by atoms with E-state index in [0.717, 1.165) is 28.0 Å².